The predicted octanol–water partition coefficient (Wildman–Crippen LogP) is 3.46. The monoisotopic (exact) mass is 382 g/mol. The number of aliphatic carboxylic acids is 1. The Hall–Kier alpha value is -2.58. The van der Waals surface area contributed by atoms with E-state index in [4.69, 9.17) is 16.7 Å². The maximum atomic E-state index is 13.5. The summed E-state index contributed by atoms with van der Waals surface area (Å²) >= 11 is 6.72. The Morgan fingerprint density at radius 1 is 1.20 bits per heavy atom. The van der Waals surface area contributed by atoms with Crippen molar-refractivity contribution < 1.29 is 23.5 Å². The van der Waals surface area contributed by atoms with Crippen molar-refractivity contribution in [3.05, 3.63) is 63.4 Å². The zero-order valence-corrected chi connectivity index (χ0v) is 13.9. The second-order valence-corrected chi connectivity index (χ2v) is 6.47. The predicted molar refractivity (Wildman–Crippen MR) is 88.7 cm³/mol. The number of aromatic nitrogens is 1. The number of fused-ring (bicyclic) bond motifs is 1. The number of rotatable bonds is 3. The minimum atomic E-state index is -1.21. The van der Waals surface area contributed by atoms with E-state index in [1.807, 2.05) is 0 Å². The first-order valence-corrected chi connectivity index (χ1v) is 8.09. The molecule has 1 N–H and O–H groups in total. The van der Waals surface area contributed by atoms with Crippen LogP contribution in [0.1, 0.15) is 10.4 Å². The summed E-state index contributed by atoms with van der Waals surface area (Å²) in [6, 6.07) is 7.91. The third-order valence-electron chi connectivity index (χ3n) is 3.29. The van der Waals surface area contributed by atoms with Gasteiger partial charge in [-0.05, 0) is 24.3 Å². The van der Waals surface area contributed by atoms with Gasteiger partial charge >= 0.3 is 5.97 Å². The number of carbonyl (C=O) groups excluding carboxylic acids is 1. The number of carboxylic acid groups (broad SMARTS) is 1. The van der Waals surface area contributed by atoms with Crippen molar-refractivity contribution in [2.45, 2.75) is 6.54 Å². The van der Waals surface area contributed by atoms with Crippen molar-refractivity contribution >= 4 is 45.0 Å². The van der Waals surface area contributed by atoms with Crippen LogP contribution in [0.25, 0.3) is 10.2 Å². The minimum Gasteiger partial charge on any atom is -0.480 e. The first kappa shape index (κ1) is 17.2. The van der Waals surface area contributed by atoms with Crippen LogP contribution in [-0.4, -0.2) is 21.6 Å². The van der Waals surface area contributed by atoms with Crippen LogP contribution < -0.4 is 4.80 Å². The Kier molecular flexibility index (Phi) is 4.65. The van der Waals surface area contributed by atoms with E-state index >= 15 is 0 Å². The summed E-state index contributed by atoms with van der Waals surface area (Å²) < 4.78 is 28.3. The van der Waals surface area contributed by atoms with Crippen LogP contribution >= 0.6 is 22.9 Å². The molecule has 1 heterocycles. The number of hydrogen-bond acceptors (Lipinski definition) is 3. The van der Waals surface area contributed by atoms with Crippen molar-refractivity contribution in [3.8, 4) is 0 Å². The maximum absolute atomic E-state index is 13.5. The van der Waals surface area contributed by atoms with Gasteiger partial charge in [-0.25, -0.2) is 8.78 Å². The van der Waals surface area contributed by atoms with Gasteiger partial charge < -0.3 is 9.67 Å². The molecule has 25 heavy (non-hydrogen) atoms. The highest BCUT2D eigenvalue weighted by molar-refractivity contribution is 7.16. The van der Waals surface area contributed by atoms with Crippen LogP contribution in [-0.2, 0) is 11.3 Å². The van der Waals surface area contributed by atoms with E-state index in [1.165, 1.54) is 12.1 Å². The highest BCUT2D eigenvalue weighted by Crippen LogP contribution is 2.21. The highest BCUT2D eigenvalue weighted by atomic mass is 35.5. The molecule has 0 fully saturated rings. The molecule has 1 aromatic heterocycles. The molecular formula is C16H9ClF2N2O3S. The topological polar surface area (TPSA) is 71.7 Å². The smallest absolute Gasteiger partial charge is 0.323 e. The number of halogens is 3. The number of thiazole rings is 1. The third-order valence-corrected chi connectivity index (χ3v) is 4.56. The maximum Gasteiger partial charge on any atom is 0.323 e. The van der Waals surface area contributed by atoms with Crippen LogP contribution in [0.15, 0.2) is 41.4 Å². The van der Waals surface area contributed by atoms with E-state index in [0.717, 1.165) is 28.0 Å². The van der Waals surface area contributed by atoms with Crippen molar-refractivity contribution in [3.63, 3.8) is 0 Å². The van der Waals surface area contributed by atoms with E-state index in [-0.39, 0.29) is 20.6 Å². The molecule has 0 aliphatic heterocycles. The van der Waals surface area contributed by atoms with Gasteiger partial charge in [-0.2, -0.15) is 4.99 Å². The molecule has 0 aliphatic carbocycles. The quantitative estimate of drug-likeness (QED) is 0.754. The molecule has 5 nitrogen and oxygen atoms in total. The van der Waals surface area contributed by atoms with Gasteiger partial charge in [0, 0.05) is 16.7 Å². The number of carboxylic acids is 1. The molecule has 3 rings (SSSR count). The lowest BCUT2D eigenvalue weighted by molar-refractivity contribution is -0.137. The van der Waals surface area contributed by atoms with Crippen LogP contribution in [0.5, 0.6) is 0 Å². The van der Waals surface area contributed by atoms with E-state index in [0.29, 0.717) is 5.02 Å². The fraction of sp³-hybridized carbons (Fsp3) is 0.0625. The van der Waals surface area contributed by atoms with Crippen LogP contribution in [0.4, 0.5) is 8.78 Å². The first-order chi connectivity index (χ1) is 11.8. The Morgan fingerprint density at radius 2 is 1.92 bits per heavy atom. The first-order valence-electron chi connectivity index (χ1n) is 6.90. The molecule has 0 unspecified atom stereocenters. The Morgan fingerprint density at radius 3 is 2.60 bits per heavy atom. The third kappa shape index (κ3) is 3.59. The molecule has 2 aromatic carbocycles. The van der Waals surface area contributed by atoms with Gasteiger partial charge in [0.2, 0.25) is 0 Å². The molecule has 0 aliphatic rings. The van der Waals surface area contributed by atoms with E-state index in [2.05, 4.69) is 4.99 Å². The van der Waals surface area contributed by atoms with Crippen LogP contribution in [0.3, 0.4) is 0 Å². The minimum absolute atomic E-state index is 0.0207. The van der Waals surface area contributed by atoms with Gasteiger partial charge in [0.1, 0.15) is 6.54 Å². The summed E-state index contributed by atoms with van der Waals surface area (Å²) in [6.45, 7) is -0.549. The molecule has 3 aromatic rings. The zero-order chi connectivity index (χ0) is 18.1. The molecule has 0 saturated heterocycles. The average Bonchev–Trinajstić information content (AvgIpc) is 2.84. The Bertz CT molecular complexity index is 1070. The zero-order valence-electron chi connectivity index (χ0n) is 12.4. The van der Waals surface area contributed by atoms with Crippen LogP contribution in [0.2, 0.25) is 5.02 Å². The lowest BCUT2D eigenvalue weighted by Gasteiger charge is -2.02. The molecular weight excluding hydrogens is 374 g/mol. The fourth-order valence-corrected chi connectivity index (χ4v) is 3.44. The number of amides is 1. The van der Waals surface area contributed by atoms with Gasteiger partial charge in [0.25, 0.3) is 5.91 Å². The van der Waals surface area contributed by atoms with E-state index in [1.54, 1.807) is 12.1 Å². The number of nitrogens with zero attached hydrogens (tertiary/aromatic N) is 2. The second kappa shape index (κ2) is 6.73. The number of carbonyl (C=O) groups is 2. The molecule has 0 bridgehead atoms. The Balaban J connectivity index is 2.20. The van der Waals surface area contributed by atoms with E-state index in [9.17, 15) is 18.4 Å². The standard InChI is InChI=1S/C16H9ClF2N2O3S/c17-9-3-1-2-8(4-9)15(24)20-16-21(7-14(22)23)12-5-10(18)11(19)6-13(12)25-16/h1-6H,7H2,(H,22,23). The van der Waals surface area contributed by atoms with Crippen molar-refractivity contribution in [1.82, 2.24) is 4.57 Å². The molecule has 0 saturated carbocycles. The van der Waals surface area contributed by atoms with Gasteiger partial charge in [-0.15, -0.1) is 0 Å². The lowest BCUT2D eigenvalue weighted by Crippen LogP contribution is -2.21. The molecule has 9 heteroatoms. The molecule has 128 valence electrons. The van der Waals surface area contributed by atoms with E-state index < -0.39 is 30.1 Å². The average molecular weight is 383 g/mol. The lowest BCUT2D eigenvalue weighted by atomic mass is 10.2. The number of benzene rings is 2. The summed E-state index contributed by atoms with van der Waals surface area (Å²) in [6.07, 6.45) is 0. The summed E-state index contributed by atoms with van der Waals surface area (Å²) in [7, 11) is 0. The van der Waals surface area contributed by atoms with Crippen molar-refractivity contribution in [2.24, 2.45) is 4.99 Å². The van der Waals surface area contributed by atoms with Gasteiger partial charge in [-0.1, -0.05) is 29.0 Å². The van der Waals surface area contributed by atoms with Gasteiger partial charge in [0.05, 0.1) is 10.2 Å². The summed E-state index contributed by atoms with van der Waals surface area (Å²) in [5.41, 5.74) is 0.355. The number of hydrogen-bond donors (Lipinski definition) is 1. The summed E-state index contributed by atoms with van der Waals surface area (Å²) in [4.78, 5) is 27.3. The van der Waals surface area contributed by atoms with Crippen molar-refractivity contribution in [2.75, 3.05) is 0 Å². The Labute approximate surface area is 148 Å². The highest BCUT2D eigenvalue weighted by Gasteiger charge is 2.14. The SMILES string of the molecule is O=C(O)Cn1c(=NC(=O)c2cccc(Cl)c2)sc2cc(F)c(F)cc21. The van der Waals surface area contributed by atoms with Crippen molar-refractivity contribution in [1.29, 1.82) is 0 Å². The normalized spacial score (nSPS) is 11.9. The summed E-state index contributed by atoms with van der Waals surface area (Å²) in [5, 5.41) is 9.40. The van der Waals surface area contributed by atoms with Crippen LogP contribution in [0, 0.1) is 11.6 Å². The second-order valence-electron chi connectivity index (χ2n) is 5.03. The molecule has 0 radical (unpaired) electrons. The molecule has 1 amide bonds. The fourth-order valence-electron chi connectivity index (χ4n) is 2.21. The molecule has 0 spiro atoms. The van der Waals surface area contributed by atoms with Gasteiger partial charge in [-0.3, -0.25) is 9.59 Å². The molecule has 0 atom stereocenters. The van der Waals surface area contributed by atoms with Gasteiger partial charge in [0.15, 0.2) is 16.4 Å². The summed E-state index contributed by atoms with van der Waals surface area (Å²) in [5.74, 6) is -4.03. The largest absolute Gasteiger partial charge is 0.480 e.